The van der Waals surface area contributed by atoms with Gasteiger partial charge in [0.1, 0.15) is 17.8 Å². The second kappa shape index (κ2) is 17.8. The molecule has 3 amide bonds. The number of rotatable bonds is 15. The lowest BCUT2D eigenvalue weighted by Crippen LogP contribution is -2.40. The highest BCUT2D eigenvalue weighted by Crippen LogP contribution is 2.26. The zero-order valence-electron chi connectivity index (χ0n) is 30.0. The number of pyridine rings is 1. The van der Waals surface area contributed by atoms with Crippen molar-refractivity contribution in [2.24, 2.45) is 7.05 Å². The number of aromatic nitrogens is 5. The molecule has 266 valence electrons. The van der Waals surface area contributed by atoms with Crippen LogP contribution in [0.2, 0.25) is 0 Å². The summed E-state index contributed by atoms with van der Waals surface area (Å²) >= 11 is 0. The number of aryl methyl sites for hydroxylation is 1. The van der Waals surface area contributed by atoms with E-state index in [2.05, 4.69) is 43.6 Å². The van der Waals surface area contributed by atoms with E-state index in [9.17, 15) is 14.9 Å². The molecule has 0 saturated carbocycles. The van der Waals surface area contributed by atoms with Gasteiger partial charge in [-0.15, -0.1) is 4.98 Å². The van der Waals surface area contributed by atoms with Crippen molar-refractivity contribution in [2.45, 2.75) is 77.9 Å². The lowest BCUT2D eigenvalue weighted by atomic mass is 10.1. The number of hydrogen-bond acceptors (Lipinski definition) is 9. The smallest absolute Gasteiger partial charge is 0.353 e. The van der Waals surface area contributed by atoms with Crippen molar-refractivity contribution in [1.82, 2.24) is 34.9 Å². The molecular formula is C38H48N11O2+. The summed E-state index contributed by atoms with van der Waals surface area (Å²) in [5.41, 5.74) is 3.30. The minimum Gasteiger partial charge on any atom is -0.353 e. The zero-order valence-corrected chi connectivity index (χ0v) is 30.0. The third-order valence-corrected chi connectivity index (χ3v) is 9.11. The van der Waals surface area contributed by atoms with E-state index >= 15 is 0 Å². The number of unbranched alkanes of at least 4 members (excludes halogenated alkanes) is 1. The van der Waals surface area contributed by atoms with Crippen molar-refractivity contribution in [3.8, 4) is 17.2 Å². The Bertz CT molecular complexity index is 1830. The molecule has 51 heavy (non-hydrogen) atoms. The minimum absolute atomic E-state index is 0.0560. The van der Waals surface area contributed by atoms with Crippen LogP contribution >= 0.6 is 0 Å². The van der Waals surface area contributed by atoms with Gasteiger partial charge in [-0.05, 0) is 50.7 Å². The van der Waals surface area contributed by atoms with Crippen LogP contribution in [0.25, 0.3) is 11.1 Å². The summed E-state index contributed by atoms with van der Waals surface area (Å²) in [7, 11) is 1.87. The normalized spacial score (nSPS) is 14.9. The molecule has 2 N–H and O–H groups in total. The first-order chi connectivity index (χ1) is 24.8. The van der Waals surface area contributed by atoms with Crippen molar-refractivity contribution in [3.05, 3.63) is 78.4 Å². The van der Waals surface area contributed by atoms with E-state index in [0.717, 1.165) is 48.8 Å². The van der Waals surface area contributed by atoms with Crippen LogP contribution in [-0.2, 0) is 18.4 Å². The average molecular weight is 691 g/mol. The maximum atomic E-state index is 13.5. The van der Waals surface area contributed by atoms with Crippen molar-refractivity contribution in [3.63, 3.8) is 0 Å². The molecule has 1 fully saturated rings. The summed E-state index contributed by atoms with van der Waals surface area (Å²) in [6, 6.07) is 15.8. The number of likely N-dealkylation sites (N-methyl/N-ethyl adjacent to an activating group) is 1. The van der Waals surface area contributed by atoms with E-state index in [1.165, 1.54) is 0 Å². The molecule has 1 saturated heterocycles. The Morgan fingerprint density at radius 3 is 2.59 bits per heavy atom. The number of anilines is 2. The summed E-state index contributed by atoms with van der Waals surface area (Å²) in [5, 5.41) is 20.6. The molecule has 1 aliphatic heterocycles. The summed E-state index contributed by atoms with van der Waals surface area (Å²) in [6.45, 7) is 8.12. The van der Waals surface area contributed by atoms with Gasteiger partial charge < -0.3 is 15.1 Å². The molecule has 1 unspecified atom stereocenters. The van der Waals surface area contributed by atoms with E-state index in [1.807, 2.05) is 73.7 Å². The van der Waals surface area contributed by atoms with Crippen molar-refractivity contribution in [2.75, 3.05) is 29.9 Å². The number of carbonyl (C=O) groups is 2. The number of urea groups is 1. The van der Waals surface area contributed by atoms with Gasteiger partial charge in [0.15, 0.2) is 5.82 Å². The third-order valence-electron chi connectivity index (χ3n) is 9.11. The highest BCUT2D eigenvalue weighted by Gasteiger charge is 2.31. The van der Waals surface area contributed by atoms with Crippen LogP contribution in [0.15, 0.2) is 67.3 Å². The van der Waals surface area contributed by atoms with Crippen LogP contribution in [0.4, 0.5) is 22.4 Å². The molecule has 0 aliphatic carbocycles. The standard InChI is InChI=1S/C38H47N11O2/c1-5-12-33(44-37-41-24-31(21-39)36(45-37)47-20-18-34(27-47)48(6-2)28(3)50)15-10-11-19-49(38(51)42-22-29-13-8-7-9-14-29)35-17-16-30(23-40-35)32-25-43-46(4)26-32/h7-9,13-14,16-17,19,23-26,33-34H,5-6,10-12,15,18,20,22,27H2,1-4H3,(H-,41,42,44,45,51)/p+1/b49-19-/t33-,34?/m1/s1. The minimum atomic E-state index is -0.253. The monoisotopic (exact) mass is 690 g/mol. The Morgan fingerprint density at radius 2 is 1.92 bits per heavy atom. The molecular weight excluding hydrogens is 642 g/mol. The van der Waals surface area contributed by atoms with Crippen LogP contribution in [0, 0.1) is 11.3 Å². The summed E-state index contributed by atoms with van der Waals surface area (Å²) < 4.78 is 3.33. The molecule has 4 aromatic rings. The maximum absolute atomic E-state index is 13.5. The molecule has 5 rings (SSSR count). The van der Waals surface area contributed by atoms with Gasteiger partial charge in [-0.1, -0.05) is 43.7 Å². The van der Waals surface area contributed by atoms with Gasteiger partial charge in [-0.2, -0.15) is 19.9 Å². The first-order valence-corrected chi connectivity index (χ1v) is 17.7. The fourth-order valence-electron chi connectivity index (χ4n) is 6.50. The lowest BCUT2D eigenvalue weighted by Gasteiger charge is -2.27. The third kappa shape index (κ3) is 9.75. The number of benzene rings is 1. The van der Waals surface area contributed by atoms with Gasteiger partial charge in [-0.3, -0.25) is 14.8 Å². The lowest BCUT2D eigenvalue weighted by molar-refractivity contribution is -0.334. The predicted octanol–water partition coefficient (Wildman–Crippen LogP) is 5.67. The number of nitriles is 1. The number of carbonyl (C=O) groups excluding carboxylic acids is 2. The molecule has 0 spiro atoms. The molecule has 3 aromatic heterocycles. The van der Waals surface area contributed by atoms with E-state index in [4.69, 9.17) is 4.98 Å². The molecule has 0 bridgehead atoms. The Kier molecular flexibility index (Phi) is 12.8. The van der Waals surface area contributed by atoms with Gasteiger partial charge in [0.05, 0.1) is 31.2 Å². The van der Waals surface area contributed by atoms with E-state index in [-0.39, 0.29) is 24.0 Å². The summed E-state index contributed by atoms with van der Waals surface area (Å²) in [6.07, 6.45) is 13.9. The maximum Gasteiger partial charge on any atom is 0.441 e. The second-order valence-corrected chi connectivity index (χ2v) is 12.8. The van der Waals surface area contributed by atoms with E-state index in [0.29, 0.717) is 55.7 Å². The number of amides is 3. The van der Waals surface area contributed by atoms with Crippen LogP contribution in [0.1, 0.15) is 70.4 Å². The Hall–Kier alpha value is -5.64. The van der Waals surface area contributed by atoms with Gasteiger partial charge >= 0.3 is 6.03 Å². The Morgan fingerprint density at radius 1 is 1.10 bits per heavy atom. The zero-order chi connectivity index (χ0) is 36.2. The Balaban J connectivity index is 1.26. The summed E-state index contributed by atoms with van der Waals surface area (Å²) in [5.74, 6) is 1.67. The van der Waals surface area contributed by atoms with Crippen molar-refractivity contribution < 1.29 is 14.2 Å². The van der Waals surface area contributed by atoms with Crippen LogP contribution in [-0.4, -0.2) is 84.1 Å². The van der Waals surface area contributed by atoms with Crippen LogP contribution < -0.4 is 15.5 Å². The summed E-state index contributed by atoms with van der Waals surface area (Å²) in [4.78, 5) is 43.5. The van der Waals surface area contributed by atoms with Gasteiger partial charge in [0, 0.05) is 63.0 Å². The van der Waals surface area contributed by atoms with Gasteiger partial charge in [-0.25, -0.2) is 9.78 Å². The second-order valence-electron chi connectivity index (χ2n) is 12.8. The average Bonchev–Trinajstić information content (AvgIpc) is 3.81. The van der Waals surface area contributed by atoms with Crippen LogP contribution in [0.5, 0.6) is 0 Å². The fraction of sp³-hybridized carbons (Fsp3) is 0.421. The van der Waals surface area contributed by atoms with E-state index < -0.39 is 0 Å². The molecule has 2 atom stereocenters. The van der Waals surface area contributed by atoms with Gasteiger partial charge in [0.2, 0.25) is 11.9 Å². The number of nitrogens with one attached hydrogen (secondary N) is 2. The first kappa shape index (κ1) is 36.6. The highest BCUT2D eigenvalue weighted by atomic mass is 16.2. The molecule has 0 radical (unpaired) electrons. The van der Waals surface area contributed by atoms with Crippen molar-refractivity contribution in [1.29, 1.82) is 5.26 Å². The molecule has 1 aromatic carbocycles. The quantitative estimate of drug-likeness (QED) is 0.0915. The number of hydrogen-bond donors (Lipinski definition) is 2. The number of nitrogens with zero attached hydrogens (tertiary/aromatic N) is 9. The SMILES string of the molecule is CCC[C@H](CCC/C=[N+](\C(=O)NCc1ccccc1)c1ccc(-c2cnn(C)c2)cn1)Nc1ncc(C#N)c(N2CCC(N(CC)C(C)=O)C2)n1. The predicted molar refractivity (Wildman–Crippen MR) is 198 cm³/mol. The topological polar surface area (TPSA) is 148 Å². The molecule has 1 aliphatic rings. The highest BCUT2D eigenvalue weighted by molar-refractivity contribution is 5.74. The van der Waals surface area contributed by atoms with Crippen LogP contribution in [0.3, 0.4) is 0 Å². The largest absolute Gasteiger partial charge is 0.441 e. The van der Waals surface area contributed by atoms with E-state index in [1.54, 1.807) is 34.8 Å². The molecule has 4 heterocycles. The molecule has 13 heteroatoms. The first-order valence-electron chi connectivity index (χ1n) is 17.7. The molecule has 13 nitrogen and oxygen atoms in total. The fourth-order valence-corrected chi connectivity index (χ4v) is 6.50. The van der Waals surface area contributed by atoms with Gasteiger partial charge in [0.25, 0.3) is 5.82 Å². The Labute approximate surface area is 300 Å². The van der Waals surface area contributed by atoms with Crippen molar-refractivity contribution >= 4 is 35.7 Å².